The number of rotatable bonds is 12. The van der Waals surface area contributed by atoms with Crippen molar-refractivity contribution >= 4 is 60.7 Å². The zero-order valence-electron chi connectivity index (χ0n) is 19.7. The Morgan fingerprint density at radius 1 is 1.28 bits per heavy atom. The normalized spacial score (nSPS) is 18.5. The molecule has 0 radical (unpaired) electrons. The summed E-state index contributed by atoms with van der Waals surface area (Å²) in [5.41, 5.74) is 2.83. The topological polar surface area (TPSA) is 296 Å². The fourth-order valence-corrected chi connectivity index (χ4v) is 4.63. The zero-order valence-corrected chi connectivity index (χ0v) is 22.2. The van der Waals surface area contributed by atoms with Crippen LogP contribution in [0.1, 0.15) is 25.2 Å². The molecule has 2 aromatic rings. The van der Waals surface area contributed by atoms with E-state index >= 15 is 0 Å². The Morgan fingerprint density at radius 3 is 2.49 bits per heavy atom. The van der Waals surface area contributed by atoms with Crippen molar-refractivity contribution in [3.05, 3.63) is 23.0 Å². The summed E-state index contributed by atoms with van der Waals surface area (Å²) in [6.45, 7) is 1.02. The minimum absolute atomic E-state index is 0.0108. The number of aromatic nitrogens is 4. The van der Waals surface area contributed by atoms with E-state index in [2.05, 4.69) is 29.8 Å². The van der Waals surface area contributed by atoms with Gasteiger partial charge in [-0.25, -0.2) is 18.3 Å². The molecule has 2 atom stereocenters. The van der Waals surface area contributed by atoms with Crippen molar-refractivity contribution in [3.8, 4) is 0 Å². The minimum atomic E-state index is -5.11. The van der Waals surface area contributed by atoms with Crippen molar-refractivity contribution in [3.63, 3.8) is 0 Å². The first-order chi connectivity index (χ1) is 17.9. The van der Waals surface area contributed by atoms with Crippen LogP contribution in [-0.2, 0) is 57.3 Å². The van der Waals surface area contributed by atoms with Gasteiger partial charge in [0.2, 0.25) is 5.60 Å². The number of nitrogens with one attached hydrogen (secondary N) is 1. The maximum atomic E-state index is 13.1. The molecule has 23 heteroatoms. The minimum Gasteiger partial charge on any atom is -0.478 e. The Labute approximate surface area is 223 Å². The number of carboxylic acid groups (broad SMARTS) is 1. The molecular weight excluding hydrogens is 592 g/mol. The second kappa shape index (κ2) is 10.8. The number of nitrogen functional groups attached to an aromatic ring is 1. The predicted octanol–water partition coefficient (Wildman–Crippen LogP) is -2.58. The summed E-state index contributed by atoms with van der Waals surface area (Å²) in [5, 5.41) is 23.9. The summed E-state index contributed by atoms with van der Waals surface area (Å²) in [6, 6.07) is -3.09. The molecule has 0 bridgehead atoms. The number of β-lactam (4-membered cyclic amide) rings is 1. The van der Waals surface area contributed by atoms with Gasteiger partial charge in [0.1, 0.15) is 30.1 Å². The Morgan fingerprint density at radius 2 is 1.95 bits per heavy atom. The SMILES string of the molecule is CC(C)(ON=C(C(=O)N[C@@H]1C(=O)N(S(=O)(=O)O)[C@@H]1Cn1ncc(COS(=O)(=O)O)n1)c1csc(N)n1)C(=O)O. The smallest absolute Gasteiger partial charge is 0.397 e. The molecule has 1 aliphatic rings. The summed E-state index contributed by atoms with van der Waals surface area (Å²) in [4.78, 5) is 46.6. The highest BCUT2D eigenvalue weighted by Crippen LogP contribution is 2.25. The molecule has 0 saturated carbocycles. The van der Waals surface area contributed by atoms with Gasteiger partial charge in [0.25, 0.3) is 11.8 Å². The molecule has 39 heavy (non-hydrogen) atoms. The first kappa shape index (κ1) is 29.8. The van der Waals surface area contributed by atoms with Crippen LogP contribution in [0.25, 0.3) is 0 Å². The fraction of sp³-hybridized carbons (Fsp3) is 0.438. The lowest BCUT2D eigenvalue weighted by Crippen LogP contribution is -2.73. The van der Waals surface area contributed by atoms with Crippen LogP contribution in [0.5, 0.6) is 0 Å². The molecule has 3 heterocycles. The van der Waals surface area contributed by atoms with Crippen molar-refractivity contribution in [1.82, 2.24) is 29.6 Å². The first-order valence-corrected chi connectivity index (χ1v) is 13.9. The summed E-state index contributed by atoms with van der Waals surface area (Å²) >= 11 is 0.906. The van der Waals surface area contributed by atoms with Gasteiger partial charge in [-0.05, 0) is 13.8 Å². The van der Waals surface area contributed by atoms with Crippen molar-refractivity contribution in [2.24, 2.45) is 5.16 Å². The molecule has 3 rings (SSSR count). The van der Waals surface area contributed by atoms with E-state index in [4.69, 9.17) is 15.1 Å². The molecule has 6 N–H and O–H groups in total. The maximum Gasteiger partial charge on any atom is 0.397 e. The lowest BCUT2D eigenvalue weighted by molar-refractivity contribution is -0.161. The third kappa shape index (κ3) is 7.21. The van der Waals surface area contributed by atoms with Crippen LogP contribution >= 0.6 is 11.3 Å². The van der Waals surface area contributed by atoms with Crippen LogP contribution < -0.4 is 11.1 Å². The number of aliphatic carboxylic acids is 1. The van der Waals surface area contributed by atoms with Crippen LogP contribution in [0.15, 0.2) is 16.7 Å². The molecule has 1 aliphatic heterocycles. The second-order valence-corrected chi connectivity index (χ2v) is 11.4. The van der Waals surface area contributed by atoms with Gasteiger partial charge in [-0.15, -0.1) is 11.3 Å². The summed E-state index contributed by atoms with van der Waals surface area (Å²) < 4.78 is 67.3. The van der Waals surface area contributed by atoms with E-state index in [0.717, 1.165) is 36.2 Å². The summed E-state index contributed by atoms with van der Waals surface area (Å²) in [6.07, 6.45) is 1.01. The highest BCUT2D eigenvalue weighted by Gasteiger charge is 2.54. The zero-order chi connectivity index (χ0) is 29.3. The monoisotopic (exact) mass is 612 g/mol. The molecule has 1 saturated heterocycles. The van der Waals surface area contributed by atoms with Crippen molar-refractivity contribution < 1.29 is 54.5 Å². The van der Waals surface area contributed by atoms with Crippen LogP contribution in [0.4, 0.5) is 5.13 Å². The van der Waals surface area contributed by atoms with E-state index < -0.39 is 75.0 Å². The Hall–Kier alpha value is -3.77. The van der Waals surface area contributed by atoms with E-state index in [1.165, 1.54) is 5.38 Å². The van der Waals surface area contributed by atoms with E-state index in [1.807, 2.05) is 0 Å². The number of carbonyl (C=O) groups excluding carboxylic acids is 2. The Balaban J connectivity index is 1.85. The van der Waals surface area contributed by atoms with Crippen LogP contribution in [0.2, 0.25) is 0 Å². The lowest BCUT2D eigenvalue weighted by atomic mass is 9.98. The second-order valence-electron chi connectivity index (χ2n) is 8.13. The summed E-state index contributed by atoms with van der Waals surface area (Å²) in [5.74, 6) is -3.81. The molecule has 0 spiro atoms. The molecule has 20 nitrogen and oxygen atoms in total. The first-order valence-electron chi connectivity index (χ1n) is 10.2. The van der Waals surface area contributed by atoms with Crippen LogP contribution in [0, 0.1) is 0 Å². The molecule has 0 unspecified atom stereocenters. The summed E-state index contributed by atoms with van der Waals surface area (Å²) in [7, 11) is -9.90. The van der Waals surface area contributed by atoms with Crippen LogP contribution in [-0.4, -0.2) is 96.5 Å². The predicted molar refractivity (Wildman–Crippen MR) is 126 cm³/mol. The molecule has 0 aliphatic carbocycles. The third-order valence-corrected chi connectivity index (χ3v) is 6.89. The van der Waals surface area contributed by atoms with Crippen molar-refractivity contribution in [2.45, 2.75) is 44.7 Å². The van der Waals surface area contributed by atoms with E-state index in [-0.39, 0.29) is 20.8 Å². The number of hydrogen-bond donors (Lipinski definition) is 5. The molecule has 2 aromatic heterocycles. The van der Waals surface area contributed by atoms with Gasteiger partial charge in [-0.3, -0.25) is 18.7 Å². The van der Waals surface area contributed by atoms with Gasteiger partial charge >= 0.3 is 26.7 Å². The molecule has 0 aromatic carbocycles. The van der Waals surface area contributed by atoms with Crippen molar-refractivity contribution in [1.29, 1.82) is 0 Å². The molecule has 2 amide bonds. The number of oxime groups is 1. The van der Waals surface area contributed by atoms with Gasteiger partial charge in [-0.2, -0.15) is 31.8 Å². The number of carboxylic acids is 1. The van der Waals surface area contributed by atoms with Gasteiger partial charge in [0, 0.05) is 5.38 Å². The number of thiazole rings is 1. The van der Waals surface area contributed by atoms with Crippen LogP contribution in [0.3, 0.4) is 0 Å². The highest BCUT2D eigenvalue weighted by atomic mass is 32.3. The maximum absolute atomic E-state index is 13.1. The number of carbonyl (C=O) groups is 3. The van der Waals surface area contributed by atoms with Gasteiger partial charge in [0.15, 0.2) is 10.8 Å². The number of amides is 2. The largest absolute Gasteiger partial charge is 0.478 e. The van der Waals surface area contributed by atoms with E-state index in [1.54, 1.807) is 0 Å². The lowest BCUT2D eigenvalue weighted by Gasteiger charge is -2.43. The number of nitrogens with two attached hydrogens (primary N) is 1. The fourth-order valence-electron chi connectivity index (χ4n) is 2.94. The number of hydrogen-bond acceptors (Lipinski definition) is 15. The van der Waals surface area contributed by atoms with Crippen molar-refractivity contribution in [2.75, 3.05) is 5.73 Å². The number of nitrogens with zero attached hydrogens (tertiary/aromatic N) is 6. The highest BCUT2D eigenvalue weighted by molar-refractivity contribution is 7.84. The Bertz CT molecular complexity index is 1530. The van der Waals surface area contributed by atoms with Gasteiger partial charge in [-0.1, -0.05) is 5.16 Å². The number of anilines is 1. The molecule has 1 fully saturated rings. The Kier molecular flexibility index (Phi) is 8.23. The quantitative estimate of drug-likeness (QED) is 0.0711. The average molecular weight is 613 g/mol. The molecular formula is C16H20N8O12S3. The van der Waals surface area contributed by atoms with E-state index in [0.29, 0.717) is 0 Å². The van der Waals surface area contributed by atoms with Gasteiger partial charge in [0.05, 0.1) is 12.7 Å². The molecule has 214 valence electrons. The van der Waals surface area contributed by atoms with E-state index in [9.17, 15) is 40.9 Å². The van der Waals surface area contributed by atoms with Gasteiger partial charge < -0.3 is 21.0 Å². The average Bonchev–Trinajstić information content (AvgIpc) is 3.43. The standard InChI is InChI=1S/C16H20N8O12S3/c1-16(2,14(27)28)36-22-10(8-6-37-15(17)19-8)12(25)20-11-9(24(13(11)26)38(29,30)31)4-23-18-3-7(21-23)5-35-39(32,33)34/h3,6,9,11H,4-5H2,1-2H3,(H2,17,19)(H,20,25)(H,27,28)(H,29,30,31)(H,32,33,34)/t9-,11+/m1/s1. The third-order valence-electron chi connectivity index (χ3n) is 4.85.